The molecule has 1 aromatic carbocycles. The molecule has 0 aliphatic heterocycles. The Kier molecular flexibility index (Phi) is 3.34. The number of carboxylic acid groups (broad SMARTS) is 1. The van der Waals surface area contributed by atoms with Crippen LogP contribution in [-0.2, 0) is 11.3 Å². The Hall–Kier alpha value is -2.74. The van der Waals surface area contributed by atoms with E-state index in [1.54, 1.807) is 10.5 Å². The molecule has 0 atom stereocenters. The number of methoxy groups -OCH3 is 1. The molecular formula is C16H16N4O4. The van der Waals surface area contributed by atoms with Crippen LogP contribution in [0.3, 0.4) is 0 Å². The molecule has 8 nitrogen and oxygen atoms in total. The van der Waals surface area contributed by atoms with Crippen LogP contribution in [0, 0.1) is 0 Å². The smallest absolute Gasteiger partial charge is 0.336 e. The predicted molar refractivity (Wildman–Crippen MR) is 85.4 cm³/mol. The second kappa shape index (κ2) is 5.41. The van der Waals surface area contributed by atoms with E-state index in [4.69, 9.17) is 4.74 Å². The van der Waals surface area contributed by atoms with Gasteiger partial charge in [0.1, 0.15) is 5.82 Å². The molecule has 4 rings (SSSR count). The fourth-order valence-corrected chi connectivity index (χ4v) is 3.18. The van der Waals surface area contributed by atoms with Crippen LogP contribution in [-0.4, -0.2) is 37.8 Å². The minimum absolute atomic E-state index is 0.109. The Bertz CT molecular complexity index is 1020. The van der Waals surface area contributed by atoms with Gasteiger partial charge in [-0.1, -0.05) is 6.42 Å². The molecule has 8 heteroatoms. The molecule has 1 aliphatic rings. The summed E-state index contributed by atoms with van der Waals surface area (Å²) in [5.74, 6) is -0.0123. The van der Waals surface area contributed by atoms with Crippen LogP contribution in [0.15, 0.2) is 16.9 Å². The van der Waals surface area contributed by atoms with E-state index in [1.807, 2.05) is 0 Å². The number of aromatic amines is 1. The molecule has 124 valence electrons. The summed E-state index contributed by atoms with van der Waals surface area (Å²) in [6.07, 6.45) is 3.18. The van der Waals surface area contributed by atoms with Gasteiger partial charge in [0.25, 0.3) is 5.56 Å². The topological polar surface area (TPSA) is 110 Å². The van der Waals surface area contributed by atoms with Gasteiger partial charge in [0, 0.05) is 13.0 Å². The van der Waals surface area contributed by atoms with Gasteiger partial charge in [0.05, 0.1) is 23.2 Å². The van der Waals surface area contributed by atoms with Crippen LogP contribution in [0.5, 0.6) is 0 Å². The van der Waals surface area contributed by atoms with E-state index in [1.165, 1.54) is 13.2 Å². The Morgan fingerprint density at radius 3 is 2.83 bits per heavy atom. The number of aromatic carboxylic acids is 1. The maximum absolute atomic E-state index is 12.3. The average molecular weight is 328 g/mol. The first kappa shape index (κ1) is 14.8. The van der Waals surface area contributed by atoms with Gasteiger partial charge in [-0.15, -0.1) is 10.2 Å². The normalized spacial score (nSPS) is 15.0. The lowest BCUT2D eigenvalue weighted by Crippen LogP contribution is -2.17. The molecule has 1 fully saturated rings. The number of H-pyrrole nitrogens is 1. The zero-order chi connectivity index (χ0) is 16.8. The van der Waals surface area contributed by atoms with E-state index in [2.05, 4.69) is 15.2 Å². The summed E-state index contributed by atoms with van der Waals surface area (Å²) in [5.41, 5.74) is 1.64. The number of ether oxygens (including phenoxy) is 1. The number of carbonyl (C=O) groups is 1. The van der Waals surface area contributed by atoms with Crippen molar-refractivity contribution in [3.8, 4) is 0 Å². The van der Waals surface area contributed by atoms with Crippen molar-refractivity contribution >= 4 is 22.6 Å². The van der Waals surface area contributed by atoms with E-state index in [-0.39, 0.29) is 29.3 Å². The van der Waals surface area contributed by atoms with Crippen LogP contribution in [0.1, 0.15) is 46.9 Å². The second-order valence-electron chi connectivity index (χ2n) is 6.06. The highest BCUT2D eigenvalue weighted by Crippen LogP contribution is 2.36. The summed E-state index contributed by atoms with van der Waals surface area (Å²) in [6.45, 7) is 0.166. The number of nitrogens with one attached hydrogen (secondary N) is 1. The zero-order valence-corrected chi connectivity index (χ0v) is 13.1. The standard InChI is InChI=1S/C16H16N4O4/c1-24-7-9-5-12-11(6-10(9)16(22)23)17-15(21)14-19-18-13(20(12)14)8-3-2-4-8/h5-6,8H,2-4,7H2,1H3,(H,17,21)(H,22,23). The Balaban J connectivity index is 2.08. The summed E-state index contributed by atoms with van der Waals surface area (Å²) in [5, 5.41) is 17.6. The van der Waals surface area contributed by atoms with Gasteiger partial charge in [-0.05, 0) is 30.5 Å². The summed E-state index contributed by atoms with van der Waals surface area (Å²) in [6, 6.07) is 3.20. The molecule has 3 aromatic rings. The number of aromatic nitrogens is 4. The van der Waals surface area contributed by atoms with Crippen LogP contribution >= 0.6 is 0 Å². The lowest BCUT2D eigenvalue weighted by atomic mass is 9.85. The third-order valence-corrected chi connectivity index (χ3v) is 4.60. The van der Waals surface area contributed by atoms with Crippen LogP contribution in [0.4, 0.5) is 0 Å². The highest BCUT2D eigenvalue weighted by atomic mass is 16.5. The maximum atomic E-state index is 12.3. The van der Waals surface area contributed by atoms with Crippen LogP contribution < -0.4 is 5.56 Å². The molecule has 1 aliphatic carbocycles. The van der Waals surface area contributed by atoms with Crippen molar-refractivity contribution in [1.29, 1.82) is 0 Å². The second-order valence-corrected chi connectivity index (χ2v) is 6.06. The largest absolute Gasteiger partial charge is 0.478 e. The van der Waals surface area contributed by atoms with Gasteiger partial charge in [-0.3, -0.25) is 9.20 Å². The number of fused-ring (bicyclic) bond motifs is 3. The van der Waals surface area contributed by atoms with Crippen LogP contribution in [0.25, 0.3) is 16.7 Å². The minimum atomic E-state index is -1.06. The Morgan fingerprint density at radius 2 is 2.21 bits per heavy atom. The molecule has 0 spiro atoms. The van der Waals surface area contributed by atoms with Gasteiger partial charge in [-0.25, -0.2) is 4.79 Å². The SMILES string of the molecule is COCc1cc2c(cc1C(=O)O)[nH]c(=O)c1nnc(C3CCC3)n12. The first-order chi connectivity index (χ1) is 11.6. The molecule has 2 heterocycles. The molecule has 1 saturated carbocycles. The minimum Gasteiger partial charge on any atom is -0.478 e. The maximum Gasteiger partial charge on any atom is 0.336 e. The monoisotopic (exact) mass is 328 g/mol. The van der Waals surface area contributed by atoms with Crippen molar-refractivity contribution < 1.29 is 14.6 Å². The lowest BCUT2D eigenvalue weighted by molar-refractivity contribution is 0.0692. The van der Waals surface area contributed by atoms with E-state index < -0.39 is 5.97 Å². The van der Waals surface area contributed by atoms with Gasteiger partial charge in [-0.2, -0.15) is 0 Å². The predicted octanol–water partition coefficient (Wildman–Crippen LogP) is 1.68. The Labute approximate surface area is 136 Å². The van der Waals surface area contributed by atoms with Crippen molar-refractivity contribution in [2.75, 3.05) is 7.11 Å². The van der Waals surface area contributed by atoms with Gasteiger partial charge in [0.2, 0.25) is 5.65 Å². The van der Waals surface area contributed by atoms with E-state index >= 15 is 0 Å². The highest BCUT2D eigenvalue weighted by molar-refractivity contribution is 5.94. The summed E-state index contributed by atoms with van der Waals surface area (Å²) < 4.78 is 6.87. The number of nitrogens with zero attached hydrogens (tertiary/aromatic N) is 3. The quantitative estimate of drug-likeness (QED) is 0.754. The Morgan fingerprint density at radius 1 is 1.42 bits per heavy atom. The van der Waals surface area contributed by atoms with Crippen molar-refractivity contribution in [3.63, 3.8) is 0 Å². The number of hydrogen-bond donors (Lipinski definition) is 2. The van der Waals surface area contributed by atoms with Crippen LogP contribution in [0.2, 0.25) is 0 Å². The fourth-order valence-electron chi connectivity index (χ4n) is 3.18. The summed E-state index contributed by atoms with van der Waals surface area (Å²) >= 11 is 0. The van der Waals surface area contributed by atoms with Crippen molar-refractivity contribution in [2.45, 2.75) is 31.8 Å². The summed E-state index contributed by atoms with van der Waals surface area (Å²) in [7, 11) is 1.51. The van der Waals surface area contributed by atoms with Gasteiger partial charge >= 0.3 is 5.97 Å². The van der Waals surface area contributed by atoms with Crippen molar-refractivity contribution in [3.05, 3.63) is 39.4 Å². The molecule has 0 unspecified atom stereocenters. The number of hydrogen-bond acceptors (Lipinski definition) is 5. The number of carboxylic acids is 1. The molecule has 24 heavy (non-hydrogen) atoms. The first-order valence-corrected chi connectivity index (χ1v) is 7.76. The highest BCUT2D eigenvalue weighted by Gasteiger charge is 2.26. The fraction of sp³-hybridized carbons (Fsp3) is 0.375. The number of rotatable bonds is 4. The number of benzene rings is 1. The molecule has 0 saturated heterocycles. The van der Waals surface area contributed by atoms with E-state index in [9.17, 15) is 14.7 Å². The third-order valence-electron chi connectivity index (χ3n) is 4.60. The zero-order valence-electron chi connectivity index (χ0n) is 13.1. The molecule has 0 bridgehead atoms. The lowest BCUT2D eigenvalue weighted by Gasteiger charge is -2.23. The molecular weight excluding hydrogens is 312 g/mol. The van der Waals surface area contributed by atoms with E-state index in [0.717, 1.165) is 25.1 Å². The molecule has 0 amide bonds. The third kappa shape index (κ3) is 2.10. The first-order valence-electron chi connectivity index (χ1n) is 7.76. The average Bonchev–Trinajstić information content (AvgIpc) is 2.91. The molecule has 2 aromatic heterocycles. The summed E-state index contributed by atoms with van der Waals surface area (Å²) in [4.78, 5) is 26.5. The van der Waals surface area contributed by atoms with Gasteiger partial charge < -0.3 is 14.8 Å². The van der Waals surface area contributed by atoms with E-state index in [0.29, 0.717) is 16.6 Å². The van der Waals surface area contributed by atoms with Crippen molar-refractivity contribution in [2.24, 2.45) is 0 Å². The molecule has 2 N–H and O–H groups in total. The van der Waals surface area contributed by atoms with Gasteiger partial charge in [0.15, 0.2) is 0 Å². The van der Waals surface area contributed by atoms with Crippen molar-refractivity contribution in [1.82, 2.24) is 19.6 Å². The molecule has 0 radical (unpaired) electrons.